The van der Waals surface area contributed by atoms with Gasteiger partial charge in [0.25, 0.3) is 0 Å². The number of carbonyl (C=O) groups is 1. The van der Waals surface area contributed by atoms with Crippen molar-refractivity contribution >= 4 is 17.7 Å². The van der Waals surface area contributed by atoms with Crippen LogP contribution in [0.25, 0.3) is 0 Å². The Morgan fingerprint density at radius 1 is 1.50 bits per heavy atom. The van der Waals surface area contributed by atoms with E-state index in [2.05, 4.69) is 23.8 Å². The van der Waals surface area contributed by atoms with Gasteiger partial charge >= 0.3 is 0 Å². The molecule has 0 aliphatic carbocycles. The second-order valence-corrected chi connectivity index (χ2v) is 6.03. The average Bonchev–Trinajstić information content (AvgIpc) is 2.39. The molecular formula is C13H26N2O2S. The predicted octanol–water partition coefficient (Wildman–Crippen LogP) is 1.40. The van der Waals surface area contributed by atoms with Crippen LogP contribution in [-0.4, -0.2) is 49.8 Å². The summed E-state index contributed by atoms with van der Waals surface area (Å²) in [5, 5.41) is 6.85. The SMILES string of the molecule is CSC(C)CCNC(=O)CCOC1CCNCC1. The summed E-state index contributed by atoms with van der Waals surface area (Å²) in [7, 11) is 0. The summed E-state index contributed by atoms with van der Waals surface area (Å²) in [5.74, 6) is 0.109. The molecule has 1 saturated heterocycles. The number of thioether (sulfide) groups is 1. The smallest absolute Gasteiger partial charge is 0.222 e. The minimum Gasteiger partial charge on any atom is -0.378 e. The van der Waals surface area contributed by atoms with Gasteiger partial charge < -0.3 is 15.4 Å². The van der Waals surface area contributed by atoms with E-state index < -0.39 is 0 Å². The van der Waals surface area contributed by atoms with Crippen molar-refractivity contribution in [2.24, 2.45) is 0 Å². The van der Waals surface area contributed by atoms with Crippen molar-refractivity contribution in [1.82, 2.24) is 10.6 Å². The minimum atomic E-state index is 0.109. The summed E-state index contributed by atoms with van der Waals surface area (Å²) < 4.78 is 5.70. The van der Waals surface area contributed by atoms with Gasteiger partial charge in [0, 0.05) is 18.2 Å². The molecular weight excluding hydrogens is 248 g/mol. The van der Waals surface area contributed by atoms with E-state index in [1.807, 2.05) is 11.8 Å². The lowest BCUT2D eigenvalue weighted by Gasteiger charge is -2.22. The number of nitrogens with one attached hydrogen (secondary N) is 2. The molecule has 0 spiro atoms. The lowest BCUT2D eigenvalue weighted by atomic mass is 10.1. The zero-order valence-electron chi connectivity index (χ0n) is 11.5. The van der Waals surface area contributed by atoms with Crippen molar-refractivity contribution < 1.29 is 9.53 Å². The van der Waals surface area contributed by atoms with Gasteiger partial charge in [0.2, 0.25) is 5.91 Å². The molecule has 4 nitrogen and oxygen atoms in total. The van der Waals surface area contributed by atoms with Gasteiger partial charge in [0.1, 0.15) is 0 Å². The van der Waals surface area contributed by atoms with Crippen LogP contribution in [0.1, 0.15) is 32.6 Å². The monoisotopic (exact) mass is 274 g/mol. The molecule has 0 aromatic heterocycles. The highest BCUT2D eigenvalue weighted by atomic mass is 32.2. The Hall–Kier alpha value is -0.260. The molecule has 0 aromatic carbocycles. The largest absolute Gasteiger partial charge is 0.378 e. The standard InChI is InChI=1S/C13H26N2O2S/c1-11(18-2)3-9-15-13(16)6-10-17-12-4-7-14-8-5-12/h11-12,14H,3-10H2,1-2H3,(H,15,16). The topological polar surface area (TPSA) is 50.4 Å². The van der Waals surface area contributed by atoms with Crippen molar-refractivity contribution in [3.05, 3.63) is 0 Å². The molecule has 1 aliphatic rings. The first-order valence-corrected chi connectivity index (χ1v) is 8.13. The predicted molar refractivity (Wildman–Crippen MR) is 77.1 cm³/mol. The molecule has 18 heavy (non-hydrogen) atoms. The van der Waals surface area contributed by atoms with Crippen LogP contribution in [0.2, 0.25) is 0 Å². The average molecular weight is 274 g/mol. The molecule has 0 bridgehead atoms. The Bertz CT molecular complexity index is 233. The highest BCUT2D eigenvalue weighted by Gasteiger charge is 2.13. The third kappa shape index (κ3) is 7.24. The van der Waals surface area contributed by atoms with Gasteiger partial charge in [-0.1, -0.05) is 6.92 Å². The first kappa shape index (κ1) is 15.8. The van der Waals surface area contributed by atoms with Crippen molar-refractivity contribution in [3.63, 3.8) is 0 Å². The molecule has 0 aromatic rings. The Morgan fingerprint density at radius 3 is 2.89 bits per heavy atom. The van der Waals surface area contributed by atoms with Crippen LogP contribution in [0.5, 0.6) is 0 Å². The fourth-order valence-electron chi connectivity index (χ4n) is 1.90. The maximum absolute atomic E-state index is 11.5. The van der Waals surface area contributed by atoms with Crippen LogP contribution in [0.3, 0.4) is 0 Å². The van der Waals surface area contributed by atoms with Crippen LogP contribution in [0, 0.1) is 0 Å². The van der Waals surface area contributed by atoms with Gasteiger partial charge in [-0.05, 0) is 38.6 Å². The van der Waals surface area contributed by atoms with Crippen LogP contribution in [-0.2, 0) is 9.53 Å². The number of rotatable bonds is 8. The maximum Gasteiger partial charge on any atom is 0.222 e. The molecule has 1 unspecified atom stereocenters. The van der Waals surface area contributed by atoms with Crippen molar-refractivity contribution in [3.8, 4) is 0 Å². The van der Waals surface area contributed by atoms with Gasteiger partial charge in [-0.2, -0.15) is 11.8 Å². The van der Waals surface area contributed by atoms with Crippen LogP contribution in [0.4, 0.5) is 0 Å². The van der Waals surface area contributed by atoms with Gasteiger partial charge in [0.05, 0.1) is 12.7 Å². The summed E-state index contributed by atoms with van der Waals surface area (Å²) in [6.07, 6.45) is 6.08. The highest BCUT2D eigenvalue weighted by Crippen LogP contribution is 2.08. The first-order valence-electron chi connectivity index (χ1n) is 6.84. The second kappa shape index (κ2) is 9.64. The first-order chi connectivity index (χ1) is 8.72. The molecule has 1 heterocycles. The second-order valence-electron chi connectivity index (χ2n) is 4.76. The number of hydrogen-bond acceptors (Lipinski definition) is 4. The number of ether oxygens (including phenoxy) is 1. The molecule has 1 atom stereocenters. The Labute approximate surface area is 115 Å². The summed E-state index contributed by atoms with van der Waals surface area (Å²) >= 11 is 1.83. The van der Waals surface area contributed by atoms with E-state index in [4.69, 9.17) is 4.74 Å². The molecule has 1 fully saturated rings. The summed E-state index contributed by atoms with van der Waals surface area (Å²) in [6.45, 7) is 5.56. The number of amides is 1. The van der Waals surface area contributed by atoms with E-state index in [1.54, 1.807) is 0 Å². The van der Waals surface area contributed by atoms with Crippen LogP contribution in [0.15, 0.2) is 0 Å². The minimum absolute atomic E-state index is 0.109. The summed E-state index contributed by atoms with van der Waals surface area (Å²) in [5.41, 5.74) is 0. The third-order valence-corrected chi connectivity index (χ3v) is 4.28. The Balaban J connectivity index is 1.96. The summed E-state index contributed by atoms with van der Waals surface area (Å²) in [6, 6.07) is 0. The Kier molecular flexibility index (Phi) is 8.46. The normalized spacial score (nSPS) is 18.6. The lowest BCUT2D eigenvalue weighted by molar-refractivity contribution is -0.122. The zero-order valence-corrected chi connectivity index (χ0v) is 12.4. The molecule has 2 N–H and O–H groups in total. The van der Waals surface area contributed by atoms with E-state index in [1.165, 1.54) is 0 Å². The number of carbonyl (C=O) groups excluding carboxylic acids is 1. The van der Waals surface area contributed by atoms with Gasteiger partial charge in [-0.25, -0.2) is 0 Å². The molecule has 0 radical (unpaired) electrons. The van der Waals surface area contributed by atoms with E-state index in [0.717, 1.165) is 38.9 Å². The fraction of sp³-hybridized carbons (Fsp3) is 0.923. The lowest BCUT2D eigenvalue weighted by Crippen LogP contribution is -2.33. The van der Waals surface area contributed by atoms with E-state index in [-0.39, 0.29) is 5.91 Å². The van der Waals surface area contributed by atoms with E-state index in [9.17, 15) is 4.79 Å². The molecule has 5 heteroatoms. The zero-order chi connectivity index (χ0) is 13.2. The van der Waals surface area contributed by atoms with Crippen LogP contribution < -0.4 is 10.6 Å². The van der Waals surface area contributed by atoms with E-state index >= 15 is 0 Å². The molecule has 1 rings (SSSR count). The van der Waals surface area contributed by atoms with Gasteiger partial charge in [-0.3, -0.25) is 4.79 Å². The maximum atomic E-state index is 11.5. The molecule has 0 saturated carbocycles. The number of hydrogen-bond donors (Lipinski definition) is 2. The van der Waals surface area contributed by atoms with Crippen molar-refractivity contribution in [1.29, 1.82) is 0 Å². The van der Waals surface area contributed by atoms with Crippen molar-refractivity contribution in [2.45, 2.75) is 44.0 Å². The summed E-state index contributed by atoms with van der Waals surface area (Å²) in [4.78, 5) is 11.5. The molecule has 1 amide bonds. The molecule has 106 valence electrons. The van der Waals surface area contributed by atoms with Crippen molar-refractivity contribution in [2.75, 3.05) is 32.5 Å². The third-order valence-electron chi connectivity index (χ3n) is 3.24. The fourth-order valence-corrected chi connectivity index (χ4v) is 2.26. The van der Waals surface area contributed by atoms with E-state index in [0.29, 0.717) is 24.4 Å². The van der Waals surface area contributed by atoms with Gasteiger partial charge in [0.15, 0.2) is 0 Å². The number of piperidine rings is 1. The Morgan fingerprint density at radius 2 is 2.22 bits per heavy atom. The van der Waals surface area contributed by atoms with Crippen LogP contribution >= 0.6 is 11.8 Å². The quantitative estimate of drug-likeness (QED) is 0.702. The highest BCUT2D eigenvalue weighted by molar-refractivity contribution is 7.99. The van der Waals surface area contributed by atoms with Gasteiger partial charge in [-0.15, -0.1) is 0 Å². The molecule has 1 aliphatic heterocycles.